The van der Waals surface area contributed by atoms with E-state index in [4.69, 9.17) is 5.11 Å². The molecule has 1 aromatic carbocycles. The molecule has 1 aliphatic heterocycles. The molecule has 3 atom stereocenters. The van der Waals surface area contributed by atoms with Crippen molar-refractivity contribution in [3.8, 4) is 0 Å². The van der Waals surface area contributed by atoms with Crippen LogP contribution in [0.1, 0.15) is 24.3 Å². The van der Waals surface area contributed by atoms with Gasteiger partial charge >= 0.3 is 0 Å². The Morgan fingerprint density at radius 1 is 1.29 bits per heavy atom. The molecule has 2 aliphatic rings. The zero-order chi connectivity index (χ0) is 11.8. The van der Waals surface area contributed by atoms with Gasteiger partial charge in [-0.05, 0) is 12.0 Å². The van der Waals surface area contributed by atoms with Crippen LogP contribution in [0.4, 0.5) is 0 Å². The van der Waals surface area contributed by atoms with Gasteiger partial charge in [-0.15, -0.1) is 0 Å². The van der Waals surface area contributed by atoms with Gasteiger partial charge in [0.15, 0.2) is 0 Å². The van der Waals surface area contributed by atoms with Crippen LogP contribution in [-0.2, 0) is 4.79 Å². The lowest BCUT2D eigenvalue weighted by molar-refractivity contribution is -0.128. The standard InChI is InChI=1S/C14H17NO2/c16-9-10-6-14(17)15(8-10)13-7-12(13)11-4-2-1-3-5-11/h1-5,10,12-13,16H,6-9H2. The largest absolute Gasteiger partial charge is 0.396 e. The Labute approximate surface area is 101 Å². The zero-order valence-electron chi connectivity index (χ0n) is 9.75. The molecule has 1 amide bonds. The molecule has 1 saturated heterocycles. The summed E-state index contributed by atoms with van der Waals surface area (Å²) in [6.45, 7) is 0.869. The maximum Gasteiger partial charge on any atom is 0.223 e. The Morgan fingerprint density at radius 3 is 2.71 bits per heavy atom. The fraction of sp³-hybridized carbons (Fsp3) is 0.500. The van der Waals surface area contributed by atoms with Crippen LogP contribution in [-0.4, -0.2) is 35.1 Å². The maximum absolute atomic E-state index is 11.8. The van der Waals surface area contributed by atoms with E-state index in [1.165, 1.54) is 5.56 Å². The van der Waals surface area contributed by atoms with E-state index in [1.54, 1.807) is 0 Å². The predicted molar refractivity (Wildman–Crippen MR) is 64.5 cm³/mol. The first-order valence-corrected chi connectivity index (χ1v) is 6.25. The van der Waals surface area contributed by atoms with Gasteiger partial charge in [-0.1, -0.05) is 30.3 Å². The molecule has 90 valence electrons. The normalized spacial score (nSPS) is 31.9. The molecule has 3 heteroatoms. The number of benzene rings is 1. The molecule has 17 heavy (non-hydrogen) atoms. The summed E-state index contributed by atoms with van der Waals surface area (Å²) >= 11 is 0. The van der Waals surface area contributed by atoms with Crippen LogP contribution in [0, 0.1) is 5.92 Å². The van der Waals surface area contributed by atoms with Crippen molar-refractivity contribution in [3.63, 3.8) is 0 Å². The molecule has 3 nitrogen and oxygen atoms in total. The van der Waals surface area contributed by atoms with Crippen LogP contribution in [0.3, 0.4) is 0 Å². The Bertz CT molecular complexity index is 417. The minimum Gasteiger partial charge on any atom is -0.396 e. The summed E-state index contributed by atoms with van der Waals surface area (Å²) in [7, 11) is 0. The Kier molecular flexibility index (Phi) is 2.63. The van der Waals surface area contributed by atoms with E-state index in [0.29, 0.717) is 18.4 Å². The number of hydrogen-bond acceptors (Lipinski definition) is 2. The van der Waals surface area contributed by atoms with Crippen LogP contribution < -0.4 is 0 Å². The summed E-state index contributed by atoms with van der Waals surface area (Å²) in [4.78, 5) is 13.8. The molecule has 3 unspecified atom stereocenters. The predicted octanol–water partition coefficient (Wildman–Crippen LogP) is 1.38. The lowest BCUT2D eigenvalue weighted by Gasteiger charge is -2.16. The molecule has 1 saturated carbocycles. The molecule has 0 spiro atoms. The first kappa shape index (κ1) is 10.8. The Morgan fingerprint density at radius 2 is 2.06 bits per heavy atom. The van der Waals surface area contributed by atoms with Crippen LogP contribution in [0.5, 0.6) is 0 Å². The smallest absolute Gasteiger partial charge is 0.223 e. The minimum absolute atomic E-state index is 0.130. The maximum atomic E-state index is 11.8. The number of nitrogens with zero attached hydrogens (tertiary/aromatic N) is 1. The lowest BCUT2D eigenvalue weighted by atomic mass is 10.1. The fourth-order valence-corrected chi connectivity index (χ4v) is 2.84. The van der Waals surface area contributed by atoms with Gasteiger partial charge in [0.1, 0.15) is 0 Å². The fourth-order valence-electron chi connectivity index (χ4n) is 2.84. The molecule has 1 aromatic rings. The number of carbonyl (C=O) groups is 1. The highest BCUT2D eigenvalue weighted by molar-refractivity contribution is 5.79. The summed E-state index contributed by atoms with van der Waals surface area (Å²) in [5.74, 6) is 0.879. The van der Waals surface area contributed by atoms with Gasteiger partial charge in [0.25, 0.3) is 0 Å². The number of aliphatic hydroxyl groups excluding tert-OH is 1. The van der Waals surface area contributed by atoms with Gasteiger partial charge in [-0.2, -0.15) is 0 Å². The van der Waals surface area contributed by atoms with Crippen LogP contribution in [0.25, 0.3) is 0 Å². The van der Waals surface area contributed by atoms with Crippen LogP contribution in [0.2, 0.25) is 0 Å². The van der Waals surface area contributed by atoms with E-state index in [1.807, 2.05) is 23.1 Å². The highest BCUT2D eigenvalue weighted by atomic mass is 16.3. The topological polar surface area (TPSA) is 40.5 Å². The number of hydrogen-bond donors (Lipinski definition) is 1. The Balaban J connectivity index is 1.67. The van der Waals surface area contributed by atoms with Crippen molar-refractivity contribution in [3.05, 3.63) is 35.9 Å². The van der Waals surface area contributed by atoms with E-state index in [2.05, 4.69) is 12.1 Å². The third-order valence-corrected chi connectivity index (χ3v) is 3.88. The average molecular weight is 231 g/mol. The van der Waals surface area contributed by atoms with Gasteiger partial charge in [0.2, 0.25) is 5.91 Å². The average Bonchev–Trinajstić information content (AvgIpc) is 3.07. The summed E-state index contributed by atoms with van der Waals surface area (Å²) in [6.07, 6.45) is 1.60. The van der Waals surface area contributed by atoms with Crippen LogP contribution >= 0.6 is 0 Å². The van der Waals surface area contributed by atoms with Gasteiger partial charge in [0, 0.05) is 37.5 Å². The van der Waals surface area contributed by atoms with Crippen LogP contribution in [0.15, 0.2) is 30.3 Å². The van der Waals surface area contributed by atoms with Crippen molar-refractivity contribution in [1.29, 1.82) is 0 Å². The molecular weight excluding hydrogens is 214 g/mol. The molecule has 2 fully saturated rings. The van der Waals surface area contributed by atoms with Gasteiger partial charge in [-0.3, -0.25) is 4.79 Å². The highest BCUT2D eigenvalue weighted by Gasteiger charge is 2.47. The van der Waals surface area contributed by atoms with Crippen molar-refractivity contribution in [2.75, 3.05) is 13.2 Å². The monoisotopic (exact) mass is 231 g/mol. The minimum atomic E-state index is 0.130. The lowest BCUT2D eigenvalue weighted by Crippen LogP contribution is -2.28. The molecule has 1 N–H and O–H groups in total. The van der Waals surface area contributed by atoms with Gasteiger partial charge in [0.05, 0.1) is 0 Å². The van der Waals surface area contributed by atoms with Crippen molar-refractivity contribution in [1.82, 2.24) is 4.90 Å². The van der Waals surface area contributed by atoms with E-state index in [0.717, 1.165) is 13.0 Å². The van der Waals surface area contributed by atoms with Crippen molar-refractivity contribution in [2.24, 2.45) is 5.92 Å². The third-order valence-electron chi connectivity index (χ3n) is 3.88. The second kappa shape index (κ2) is 4.15. The molecule has 1 aliphatic carbocycles. The number of amides is 1. The van der Waals surface area contributed by atoms with E-state index in [-0.39, 0.29) is 18.4 Å². The summed E-state index contributed by atoms with van der Waals surface area (Å²) in [6, 6.07) is 10.8. The van der Waals surface area contributed by atoms with E-state index in [9.17, 15) is 4.79 Å². The quantitative estimate of drug-likeness (QED) is 0.854. The zero-order valence-corrected chi connectivity index (χ0v) is 9.75. The molecular formula is C14H17NO2. The second-order valence-corrected chi connectivity index (χ2v) is 5.12. The number of likely N-dealkylation sites (tertiary alicyclic amines) is 1. The highest BCUT2D eigenvalue weighted by Crippen LogP contribution is 2.46. The van der Waals surface area contributed by atoms with Crippen molar-refractivity contribution >= 4 is 5.91 Å². The van der Waals surface area contributed by atoms with Gasteiger partial charge < -0.3 is 10.0 Å². The first-order chi connectivity index (χ1) is 8.29. The number of rotatable bonds is 3. The SMILES string of the molecule is O=C1CC(CO)CN1C1CC1c1ccccc1. The Hall–Kier alpha value is -1.35. The van der Waals surface area contributed by atoms with E-state index < -0.39 is 0 Å². The van der Waals surface area contributed by atoms with Gasteiger partial charge in [-0.25, -0.2) is 0 Å². The van der Waals surface area contributed by atoms with E-state index >= 15 is 0 Å². The first-order valence-electron chi connectivity index (χ1n) is 6.25. The van der Waals surface area contributed by atoms with Crippen molar-refractivity contribution < 1.29 is 9.90 Å². The summed E-state index contributed by atoms with van der Waals surface area (Å²) in [5.41, 5.74) is 1.33. The number of aliphatic hydroxyl groups is 1. The third kappa shape index (κ3) is 1.95. The molecule has 0 bridgehead atoms. The molecule has 1 heterocycles. The molecule has 0 radical (unpaired) electrons. The second-order valence-electron chi connectivity index (χ2n) is 5.12. The van der Waals surface area contributed by atoms with Crippen molar-refractivity contribution in [2.45, 2.75) is 24.8 Å². The molecule has 0 aromatic heterocycles. The number of carbonyl (C=O) groups excluding carboxylic acids is 1. The summed E-state index contributed by atoms with van der Waals surface area (Å²) < 4.78 is 0. The summed E-state index contributed by atoms with van der Waals surface area (Å²) in [5, 5.41) is 9.11. The molecule has 3 rings (SSSR count).